The average molecular weight is 459 g/mol. The maximum Gasteiger partial charge on any atom is 0.335 e. The number of aliphatic hydroxyl groups is 2. The zero-order valence-electron chi connectivity index (χ0n) is 19.5. The summed E-state index contributed by atoms with van der Waals surface area (Å²) >= 11 is 0. The molecule has 0 unspecified atom stereocenters. The highest BCUT2D eigenvalue weighted by Crippen LogP contribution is 2.78. The molecule has 1 aromatic heterocycles. The summed E-state index contributed by atoms with van der Waals surface area (Å²) in [6.07, 6.45) is 5.07. The van der Waals surface area contributed by atoms with Gasteiger partial charge in [0.2, 0.25) is 0 Å². The van der Waals surface area contributed by atoms with Crippen LogP contribution in [0.15, 0.2) is 27.6 Å². The van der Waals surface area contributed by atoms with E-state index in [1.807, 2.05) is 0 Å². The largest absolute Gasteiger partial charge is 0.459 e. The summed E-state index contributed by atoms with van der Waals surface area (Å²) in [5, 5.41) is 22.1. The Balaban J connectivity index is 1.44. The predicted octanol–water partition coefficient (Wildman–Crippen LogP) is 2.77. The second kappa shape index (κ2) is 6.92. The van der Waals surface area contributed by atoms with E-state index in [0.29, 0.717) is 18.3 Å². The van der Waals surface area contributed by atoms with E-state index >= 15 is 0 Å². The number of hydrogen-bond acceptors (Lipinski definition) is 7. The van der Waals surface area contributed by atoms with Crippen LogP contribution < -0.4 is 5.63 Å². The predicted molar refractivity (Wildman–Crippen MR) is 117 cm³/mol. The minimum atomic E-state index is -0.670. The Labute approximate surface area is 193 Å². The number of carbonyl (C=O) groups excluding carboxylic acids is 1. The zero-order chi connectivity index (χ0) is 23.3. The minimum absolute atomic E-state index is 0.0598. The second-order valence-electron chi connectivity index (χ2n) is 11.7. The lowest BCUT2D eigenvalue weighted by Crippen LogP contribution is -2.63. The van der Waals surface area contributed by atoms with Crippen molar-refractivity contribution in [2.45, 2.75) is 95.2 Å². The van der Waals surface area contributed by atoms with Crippen LogP contribution in [0.2, 0.25) is 0 Å². The van der Waals surface area contributed by atoms with E-state index in [2.05, 4.69) is 13.8 Å². The summed E-state index contributed by atoms with van der Waals surface area (Å²) in [5.74, 6) is 0.309. The van der Waals surface area contributed by atoms with Gasteiger partial charge in [-0.2, -0.15) is 0 Å². The van der Waals surface area contributed by atoms with E-state index in [9.17, 15) is 19.8 Å². The van der Waals surface area contributed by atoms with Crippen LogP contribution in [0, 0.1) is 28.6 Å². The van der Waals surface area contributed by atoms with Gasteiger partial charge < -0.3 is 24.1 Å². The van der Waals surface area contributed by atoms with Gasteiger partial charge in [0.15, 0.2) is 0 Å². The normalized spacial score (nSPS) is 52.2. The van der Waals surface area contributed by atoms with Gasteiger partial charge in [-0.15, -0.1) is 0 Å². The molecule has 5 aliphatic rings. The van der Waals surface area contributed by atoms with Crippen molar-refractivity contribution in [2.24, 2.45) is 28.6 Å². The van der Waals surface area contributed by atoms with Crippen molar-refractivity contribution in [2.75, 3.05) is 0 Å². The van der Waals surface area contributed by atoms with Crippen molar-refractivity contribution in [1.82, 2.24) is 0 Å². The third kappa shape index (κ3) is 2.67. The zero-order valence-corrected chi connectivity index (χ0v) is 19.5. The second-order valence-corrected chi connectivity index (χ2v) is 11.7. The maximum absolute atomic E-state index is 12.1. The first kappa shape index (κ1) is 21.8. The van der Waals surface area contributed by atoms with Crippen molar-refractivity contribution < 1.29 is 28.9 Å². The van der Waals surface area contributed by atoms with E-state index in [4.69, 9.17) is 13.9 Å². The summed E-state index contributed by atoms with van der Waals surface area (Å²) in [7, 11) is 0. The van der Waals surface area contributed by atoms with Crippen molar-refractivity contribution in [3.05, 3.63) is 34.4 Å². The highest BCUT2D eigenvalue weighted by Gasteiger charge is 2.86. The van der Waals surface area contributed by atoms with Crippen molar-refractivity contribution in [3.63, 3.8) is 0 Å². The molecule has 1 saturated heterocycles. The third-order valence-corrected chi connectivity index (χ3v) is 10.6. The molecule has 6 rings (SSSR count). The summed E-state index contributed by atoms with van der Waals surface area (Å²) in [5.41, 5.74) is -0.852. The molecule has 4 saturated carbocycles. The molecule has 7 nitrogen and oxygen atoms in total. The SMILES string of the molecule is CC(=O)O[C@H]1[C@H]2O[C@]23[C@@H]2CC[C@@H]4C[C@@H](O)CC[C@]4(C)[C@H]2C[C@@H](O)[C@]3(C)[C@H]1c1ccc(=O)oc1. The van der Waals surface area contributed by atoms with Crippen LogP contribution in [0.5, 0.6) is 0 Å². The van der Waals surface area contributed by atoms with Gasteiger partial charge >= 0.3 is 11.6 Å². The minimum Gasteiger partial charge on any atom is -0.459 e. The Morgan fingerprint density at radius 1 is 1.12 bits per heavy atom. The number of ether oxygens (including phenoxy) is 2. The van der Waals surface area contributed by atoms with Gasteiger partial charge in [-0.3, -0.25) is 4.79 Å². The molecule has 2 heterocycles. The standard InChI is InChI=1S/C26H34O7/c1-13(27)32-22-21(14-4-7-20(30)31-12-14)25(3)19(29)11-18-17(26(25)23(22)33-26)6-5-15-10-16(28)8-9-24(15,18)2/h4,7,12,15-19,21-23,28-29H,5-6,8-11H2,1-3H3/t15-,16+,17-,18+,19-,21+,22-,23-,24+,25-,26-/m1/s1. The molecule has 0 aromatic carbocycles. The Kier molecular flexibility index (Phi) is 4.57. The quantitative estimate of drug-likeness (QED) is 0.518. The number of epoxide rings is 1. The molecule has 0 amide bonds. The number of aliphatic hydroxyl groups excluding tert-OH is 2. The van der Waals surface area contributed by atoms with Crippen LogP contribution in [0.4, 0.5) is 0 Å². The van der Waals surface area contributed by atoms with Crippen LogP contribution in [0.1, 0.15) is 70.8 Å². The molecule has 7 heteroatoms. The average Bonchev–Trinajstić information content (AvgIpc) is 3.46. The Morgan fingerprint density at radius 2 is 1.91 bits per heavy atom. The Hall–Kier alpha value is -1.70. The molecule has 4 aliphatic carbocycles. The monoisotopic (exact) mass is 458 g/mol. The first-order chi connectivity index (χ1) is 15.6. The lowest BCUT2D eigenvalue weighted by Gasteiger charge is -2.62. The van der Waals surface area contributed by atoms with Crippen molar-refractivity contribution in [1.29, 1.82) is 0 Å². The fourth-order valence-electron chi connectivity index (χ4n) is 9.06. The Bertz CT molecular complexity index is 1020. The topological polar surface area (TPSA) is 110 Å². The third-order valence-electron chi connectivity index (χ3n) is 10.6. The molecule has 180 valence electrons. The van der Waals surface area contributed by atoms with Gasteiger partial charge in [-0.05, 0) is 73.3 Å². The van der Waals surface area contributed by atoms with E-state index in [1.54, 1.807) is 6.07 Å². The van der Waals surface area contributed by atoms with Crippen LogP contribution in [0.25, 0.3) is 0 Å². The molecule has 2 N–H and O–H groups in total. The highest BCUT2D eigenvalue weighted by atomic mass is 16.7. The lowest BCUT2D eigenvalue weighted by molar-refractivity contribution is -0.190. The molecular weight excluding hydrogens is 424 g/mol. The van der Waals surface area contributed by atoms with E-state index in [1.165, 1.54) is 19.3 Å². The van der Waals surface area contributed by atoms with Gasteiger partial charge in [0.25, 0.3) is 0 Å². The van der Waals surface area contributed by atoms with Gasteiger partial charge in [-0.25, -0.2) is 4.79 Å². The van der Waals surface area contributed by atoms with E-state index in [-0.39, 0.29) is 35.4 Å². The fraction of sp³-hybridized carbons (Fsp3) is 0.769. The summed E-state index contributed by atoms with van der Waals surface area (Å²) in [6, 6.07) is 3.12. The molecule has 0 bridgehead atoms. The van der Waals surface area contributed by atoms with Gasteiger partial charge in [0.1, 0.15) is 17.8 Å². The molecule has 1 aliphatic heterocycles. The van der Waals surface area contributed by atoms with Gasteiger partial charge in [-0.1, -0.05) is 13.8 Å². The first-order valence-electron chi connectivity index (χ1n) is 12.4. The van der Waals surface area contributed by atoms with Gasteiger partial charge in [0.05, 0.1) is 18.5 Å². The highest BCUT2D eigenvalue weighted by molar-refractivity contribution is 5.67. The number of rotatable bonds is 2. The molecule has 33 heavy (non-hydrogen) atoms. The Morgan fingerprint density at radius 3 is 2.61 bits per heavy atom. The van der Waals surface area contributed by atoms with Crippen LogP contribution in [-0.4, -0.2) is 46.2 Å². The lowest BCUT2D eigenvalue weighted by atomic mass is 9.43. The molecule has 11 atom stereocenters. The van der Waals surface area contributed by atoms with Crippen molar-refractivity contribution in [3.8, 4) is 0 Å². The van der Waals surface area contributed by atoms with Gasteiger partial charge in [0, 0.05) is 24.3 Å². The molecule has 5 fully saturated rings. The number of hydrogen-bond donors (Lipinski definition) is 2. The molecule has 1 aromatic rings. The summed E-state index contributed by atoms with van der Waals surface area (Å²) in [6.45, 7) is 5.83. The first-order valence-corrected chi connectivity index (χ1v) is 12.4. The number of esters is 1. The summed E-state index contributed by atoms with van der Waals surface area (Å²) < 4.78 is 17.6. The number of carbonyl (C=O) groups is 1. The van der Waals surface area contributed by atoms with Crippen LogP contribution in [0.3, 0.4) is 0 Å². The summed E-state index contributed by atoms with van der Waals surface area (Å²) in [4.78, 5) is 23.7. The maximum atomic E-state index is 12.1. The fourth-order valence-corrected chi connectivity index (χ4v) is 9.06. The van der Waals surface area contributed by atoms with E-state index < -0.39 is 28.8 Å². The van der Waals surface area contributed by atoms with E-state index in [0.717, 1.165) is 37.7 Å². The number of fused-ring (bicyclic) bond motifs is 3. The van der Waals surface area contributed by atoms with Crippen molar-refractivity contribution >= 4 is 5.97 Å². The van der Waals surface area contributed by atoms with Crippen LogP contribution >= 0.6 is 0 Å². The molecular formula is C26H34O7. The van der Waals surface area contributed by atoms with Crippen LogP contribution in [-0.2, 0) is 14.3 Å². The molecule has 1 spiro atoms. The smallest absolute Gasteiger partial charge is 0.335 e. The molecule has 0 radical (unpaired) electrons.